The molecule has 2 aliphatic rings. The Morgan fingerprint density at radius 1 is 0.655 bits per heavy atom. The van der Waals surface area contributed by atoms with Crippen molar-refractivity contribution in [3.05, 3.63) is 137 Å². The number of amides is 2. The Morgan fingerprint density at radius 2 is 1.05 bits per heavy atom. The Hall–Kier alpha value is -4.57. The highest BCUT2D eigenvalue weighted by Gasteiger charge is 2.33. The fraction of sp³-hybridized carbons (Fsp3) is 0.381. The summed E-state index contributed by atoms with van der Waals surface area (Å²) < 4.78 is 38.7. The van der Waals surface area contributed by atoms with Crippen LogP contribution >= 0.6 is 23.2 Å². The van der Waals surface area contributed by atoms with Crippen molar-refractivity contribution in [1.29, 1.82) is 0 Å². The van der Waals surface area contributed by atoms with Gasteiger partial charge < -0.3 is 18.6 Å². The lowest BCUT2D eigenvalue weighted by molar-refractivity contribution is 0.0631. The van der Waals surface area contributed by atoms with Crippen LogP contribution in [0.15, 0.2) is 106 Å². The topological polar surface area (TPSA) is 159 Å². The van der Waals surface area contributed by atoms with Crippen LogP contribution in [0.5, 0.6) is 0 Å². The molecule has 7 rings (SSSR count). The number of nitrogens with two attached hydrogens (primary N) is 1. The highest BCUT2D eigenvalue weighted by molar-refractivity contribution is 7.89. The first-order chi connectivity index (χ1) is 28.1. The third-order valence-electron chi connectivity index (χ3n) is 11.1. The van der Waals surface area contributed by atoms with Crippen LogP contribution in [-0.4, -0.2) is 127 Å². The van der Waals surface area contributed by atoms with Crippen molar-refractivity contribution in [1.82, 2.24) is 29.6 Å². The molecule has 2 N–H and O–H groups in total. The molecule has 306 valence electrons. The summed E-state index contributed by atoms with van der Waals surface area (Å²) in [5, 5.41) is 5.92. The third-order valence-corrected chi connectivity index (χ3v) is 12.7. The Bertz CT molecular complexity index is 2120. The smallest absolute Gasteiger partial charge is 0.257 e. The lowest BCUT2D eigenvalue weighted by Gasteiger charge is -2.34. The quantitative estimate of drug-likeness (QED) is 0.141. The molecule has 1 aromatic carbocycles. The molecule has 0 radical (unpaired) electrons. The van der Waals surface area contributed by atoms with E-state index >= 15 is 0 Å². The van der Waals surface area contributed by atoms with E-state index in [2.05, 4.69) is 19.8 Å². The molecule has 0 spiro atoms. The number of rotatable bonds is 15. The van der Waals surface area contributed by atoms with Gasteiger partial charge in [-0.3, -0.25) is 29.4 Å². The number of hydrogen-bond acceptors (Lipinski definition) is 10. The molecule has 58 heavy (non-hydrogen) atoms. The first-order valence-electron chi connectivity index (χ1n) is 19.4. The normalized spacial score (nSPS) is 16.7. The van der Waals surface area contributed by atoms with E-state index in [4.69, 9.17) is 37.2 Å². The molecule has 4 aromatic heterocycles. The zero-order valence-electron chi connectivity index (χ0n) is 32.1. The zero-order valence-corrected chi connectivity index (χ0v) is 34.4. The van der Waals surface area contributed by atoms with E-state index in [-0.39, 0.29) is 28.5 Å². The summed E-state index contributed by atoms with van der Waals surface area (Å²) in [5.41, 5.74) is 3.73. The Balaban J connectivity index is 1.02. The molecule has 16 heteroatoms. The van der Waals surface area contributed by atoms with Gasteiger partial charge in [0.1, 0.15) is 24.0 Å². The summed E-state index contributed by atoms with van der Waals surface area (Å²) in [6, 6.07) is 16.2. The lowest BCUT2D eigenvalue weighted by atomic mass is 9.91. The zero-order chi connectivity index (χ0) is 40.6. The van der Waals surface area contributed by atoms with E-state index in [9.17, 15) is 18.0 Å². The maximum Gasteiger partial charge on any atom is 0.257 e. The Kier molecular flexibility index (Phi) is 13.6. The van der Waals surface area contributed by atoms with E-state index in [1.165, 1.54) is 23.7 Å². The van der Waals surface area contributed by atoms with Crippen LogP contribution < -0.4 is 5.14 Å². The van der Waals surface area contributed by atoms with Gasteiger partial charge in [-0.15, -0.1) is 23.2 Å². The minimum Gasteiger partial charge on any atom is -0.468 e. The third kappa shape index (κ3) is 9.82. The number of furan rings is 2. The van der Waals surface area contributed by atoms with Crippen molar-refractivity contribution in [2.45, 2.75) is 29.6 Å². The average molecular weight is 849 g/mol. The number of halogens is 2. The van der Waals surface area contributed by atoms with Gasteiger partial charge in [0.05, 0.1) is 27.9 Å². The molecular weight excluding hydrogens is 801 g/mol. The fourth-order valence-corrected chi connectivity index (χ4v) is 9.47. The van der Waals surface area contributed by atoms with Gasteiger partial charge >= 0.3 is 0 Å². The summed E-state index contributed by atoms with van der Waals surface area (Å²) >= 11 is 13.1. The standard InChI is InChI=1S/C42H47Cl2N7O6S/c43-26-36(38-24-32(28-56-38)41(52)50-20-16-48(17-21-50)14-8-30-4-10-46-11-5-30)34-2-1-3-35(40(34)58(45,54)55)37(27-44)39-25-33(29-57-39)42(53)51-22-18-49(19-23-51)15-9-31-6-12-47-13-7-31/h1-7,10-13,24-25,28-29,36-37H,8-9,14-23,26-27H2,(H2,45,54,55). The summed E-state index contributed by atoms with van der Waals surface area (Å²) in [7, 11) is -4.37. The maximum atomic E-state index is 13.6. The van der Waals surface area contributed by atoms with E-state index in [0.717, 1.165) is 52.1 Å². The molecule has 6 heterocycles. The summed E-state index contributed by atoms with van der Waals surface area (Å²) in [4.78, 5) is 43.4. The van der Waals surface area contributed by atoms with Gasteiger partial charge in [0.15, 0.2) is 0 Å². The first kappa shape index (κ1) is 41.6. The Labute approximate surface area is 348 Å². The number of pyridine rings is 2. The van der Waals surface area contributed by atoms with Crippen LogP contribution in [0, 0.1) is 0 Å². The predicted molar refractivity (Wildman–Crippen MR) is 221 cm³/mol. The molecule has 5 aromatic rings. The first-order valence-corrected chi connectivity index (χ1v) is 22.0. The minimum atomic E-state index is -4.37. The number of hydrogen-bond donors (Lipinski definition) is 1. The van der Waals surface area contributed by atoms with Crippen molar-refractivity contribution in [2.75, 3.05) is 77.2 Å². The summed E-state index contributed by atoms with van der Waals surface area (Å²) in [5.74, 6) is -1.37. The monoisotopic (exact) mass is 847 g/mol. The lowest BCUT2D eigenvalue weighted by Crippen LogP contribution is -2.49. The highest BCUT2D eigenvalue weighted by atomic mass is 35.5. The van der Waals surface area contributed by atoms with Crippen molar-refractivity contribution < 1.29 is 26.8 Å². The predicted octanol–water partition coefficient (Wildman–Crippen LogP) is 5.05. The van der Waals surface area contributed by atoms with Gasteiger partial charge in [-0.2, -0.15) is 0 Å². The number of carbonyl (C=O) groups excluding carboxylic acids is 2. The summed E-state index contributed by atoms with van der Waals surface area (Å²) in [6.45, 7) is 7.02. The second kappa shape index (κ2) is 19.0. The molecule has 0 bridgehead atoms. The second-order valence-electron chi connectivity index (χ2n) is 14.7. The van der Waals surface area contributed by atoms with Gasteiger partial charge in [0.2, 0.25) is 10.0 Å². The van der Waals surface area contributed by atoms with E-state index < -0.39 is 21.9 Å². The maximum absolute atomic E-state index is 13.6. The largest absolute Gasteiger partial charge is 0.468 e. The molecule has 2 fully saturated rings. The van der Waals surface area contributed by atoms with Gasteiger partial charge in [-0.25, -0.2) is 13.6 Å². The summed E-state index contributed by atoms with van der Waals surface area (Å²) in [6.07, 6.45) is 11.8. The van der Waals surface area contributed by atoms with E-state index in [1.807, 2.05) is 24.3 Å². The SMILES string of the molecule is NS(=O)(=O)c1c(C(CCl)c2cc(C(=O)N3CCN(CCc4ccncc4)CC3)co2)cccc1C(CCl)c1cc(C(=O)N2CCN(CCc3ccncc3)CC2)co1. The molecule has 2 saturated heterocycles. The number of benzene rings is 1. The number of alkyl halides is 2. The van der Waals surface area contributed by atoms with Crippen LogP contribution in [0.25, 0.3) is 0 Å². The minimum absolute atomic E-state index is 0.0643. The van der Waals surface area contributed by atoms with Crippen LogP contribution in [0.3, 0.4) is 0 Å². The van der Waals surface area contributed by atoms with Crippen LogP contribution in [0.2, 0.25) is 0 Å². The number of piperazine rings is 2. The highest BCUT2D eigenvalue weighted by Crippen LogP contribution is 2.39. The number of nitrogens with zero attached hydrogens (tertiary/aromatic N) is 6. The van der Waals surface area contributed by atoms with Crippen LogP contribution in [0.4, 0.5) is 0 Å². The van der Waals surface area contributed by atoms with Gasteiger partial charge in [-0.05, 0) is 71.5 Å². The van der Waals surface area contributed by atoms with Crippen LogP contribution in [-0.2, 0) is 22.9 Å². The number of primary sulfonamides is 1. The molecule has 0 aliphatic carbocycles. The Morgan fingerprint density at radius 3 is 1.41 bits per heavy atom. The molecular formula is C42H47Cl2N7O6S. The van der Waals surface area contributed by atoms with Crippen molar-refractivity contribution in [3.63, 3.8) is 0 Å². The van der Waals surface area contributed by atoms with Gasteiger partial charge in [0.25, 0.3) is 11.8 Å². The van der Waals surface area contributed by atoms with Crippen LogP contribution in [0.1, 0.15) is 66.3 Å². The number of aromatic nitrogens is 2. The number of carbonyl (C=O) groups is 2. The molecule has 0 saturated carbocycles. The average Bonchev–Trinajstić information content (AvgIpc) is 3.95. The van der Waals surface area contributed by atoms with Crippen molar-refractivity contribution in [2.24, 2.45) is 5.14 Å². The van der Waals surface area contributed by atoms with Crippen molar-refractivity contribution in [3.8, 4) is 0 Å². The van der Waals surface area contributed by atoms with Gasteiger partial charge in [0, 0.05) is 102 Å². The molecule has 2 unspecified atom stereocenters. The van der Waals surface area contributed by atoms with Gasteiger partial charge in [-0.1, -0.05) is 18.2 Å². The fourth-order valence-electron chi connectivity index (χ4n) is 7.76. The molecule has 2 atom stereocenters. The molecule has 2 aliphatic heterocycles. The molecule has 2 amide bonds. The van der Waals surface area contributed by atoms with E-state index in [1.54, 1.807) is 64.9 Å². The molecule has 13 nitrogen and oxygen atoms in total. The second-order valence-corrected chi connectivity index (χ2v) is 16.8. The number of sulfonamides is 1. The van der Waals surface area contributed by atoms with Crippen molar-refractivity contribution >= 4 is 45.0 Å². The van der Waals surface area contributed by atoms with E-state index in [0.29, 0.717) is 60.0 Å².